The normalized spacial score (nSPS) is 10.0. The number of hydrogen-bond donors (Lipinski definition) is 0. The summed E-state index contributed by atoms with van der Waals surface area (Å²) in [4.78, 5) is 16.1. The van der Waals surface area contributed by atoms with Gasteiger partial charge in [0, 0.05) is 11.8 Å². The topological polar surface area (TPSA) is 39.2 Å². The molecule has 0 radical (unpaired) electrons. The number of carbonyl (C=O) groups is 1. The summed E-state index contributed by atoms with van der Waals surface area (Å²) >= 11 is 3.34. The monoisotopic (exact) mass is 291 g/mol. The van der Waals surface area contributed by atoms with Crippen LogP contribution in [0.5, 0.6) is 5.75 Å². The van der Waals surface area contributed by atoms with Crippen molar-refractivity contribution < 1.29 is 9.53 Å². The molecule has 1 aromatic heterocycles. The molecule has 2 aromatic rings. The lowest BCUT2D eigenvalue weighted by molar-refractivity contribution is 0.103. The third-order valence-electron chi connectivity index (χ3n) is 2.31. The first kappa shape index (κ1) is 11.8. The van der Waals surface area contributed by atoms with Crippen molar-refractivity contribution in [1.29, 1.82) is 0 Å². The Balaban J connectivity index is 2.38. The maximum absolute atomic E-state index is 12.1. The largest absolute Gasteiger partial charge is 0.496 e. The van der Waals surface area contributed by atoms with Crippen LogP contribution in [0.1, 0.15) is 16.1 Å². The number of ether oxygens (including phenoxy) is 1. The number of rotatable bonds is 3. The fraction of sp³-hybridized carbons (Fsp3) is 0.0769. The van der Waals surface area contributed by atoms with Crippen molar-refractivity contribution in [3.63, 3.8) is 0 Å². The van der Waals surface area contributed by atoms with Gasteiger partial charge in [-0.3, -0.25) is 9.78 Å². The predicted molar refractivity (Wildman–Crippen MR) is 68.4 cm³/mol. The molecule has 0 saturated heterocycles. The van der Waals surface area contributed by atoms with Crippen molar-refractivity contribution in [2.45, 2.75) is 0 Å². The first-order valence-electron chi connectivity index (χ1n) is 5.01. The van der Waals surface area contributed by atoms with Crippen LogP contribution in [0.3, 0.4) is 0 Å². The van der Waals surface area contributed by atoms with Crippen LogP contribution in [-0.4, -0.2) is 17.9 Å². The molecule has 0 unspecified atom stereocenters. The minimum absolute atomic E-state index is 0.114. The van der Waals surface area contributed by atoms with Gasteiger partial charge >= 0.3 is 0 Å². The zero-order chi connectivity index (χ0) is 12.3. The zero-order valence-electron chi connectivity index (χ0n) is 9.18. The quantitative estimate of drug-likeness (QED) is 0.816. The van der Waals surface area contributed by atoms with Gasteiger partial charge in [0.15, 0.2) is 0 Å². The van der Waals surface area contributed by atoms with Crippen molar-refractivity contribution in [3.05, 3.63) is 58.3 Å². The first-order chi connectivity index (χ1) is 8.22. The van der Waals surface area contributed by atoms with E-state index in [-0.39, 0.29) is 5.78 Å². The number of benzene rings is 1. The van der Waals surface area contributed by atoms with E-state index < -0.39 is 0 Å². The smallest absolute Gasteiger partial charge is 0.211 e. The molecule has 0 N–H and O–H groups in total. The molecular formula is C13H10BrNO2. The van der Waals surface area contributed by atoms with Crippen molar-refractivity contribution in [1.82, 2.24) is 4.98 Å². The van der Waals surface area contributed by atoms with Gasteiger partial charge in [-0.1, -0.05) is 6.07 Å². The van der Waals surface area contributed by atoms with Gasteiger partial charge in [0.25, 0.3) is 0 Å². The molecule has 0 atom stereocenters. The van der Waals surface area contributed by atoms with Gasteiger partial charge in [-0.2, -0.15) is 0 Å². The Morgan fingerprint density at radius 3 is 2.76 bits per heavy atom. The highest BCUT2D eigenvalue weighted by atomic mass is 79.9. The Bertz CT molecular complexity index is 540. The molecular weight excluding hydrogens is 282 g/mol. The molecule has 3 nitrogen and oxygen atoms in total. The van der Waals surface area contributed by atoms with Gasteiger partial charge in [0.05, 0.1) is 11.6 Å². The van der Waals surface area contributed by atoms with Crippen molar-refractivity contribution in [3.8, 4) is 5.75 Å². The summed E-state index contributed by atoms with van der Waals surface area (Å²) in [6.07, 6.45) is 1.60. The van der Waals surface area contributed by atoms with E-state index in [0.29, 0.717) is 17.0 Å². The van der Waals surface area contributed by atoms with E-state index >= 15 is 0 Å². The Morgan fingerprint density at radius 2 is 2.12 bits per heavy atom. The number of halogens is 1. The van der Waals surface area contributed by atoms with E-state index in [0.717, 1.165) is 4.47 Å². The second kappa shape index (κ2) is 5.10. The first-order valence-corrected chi connectivity index (χ1v) is 5.81. The molecule has 0 bridgehead atoms. The summed E-state index contributed by atoms with van der Waals surface area (Å²) in [5.74, 6) is 0.517. The number of nitrogens with zero attached hydrogens (tertiary/aromatic N) is 1. The molecule has 4 heteroatoms. The van der Waals surface area contributed by atoms with Crippen LogP contribution >= 0.6 is 15.9 Å². The molecule has 2 rings (SSSR count). The number of methoxy groups -OCH3 is 1. The van der Waals surface area contributed by atoms with Crippen LogP contribution in [0.25, 0.3) is 0 Å². The van der Waals surface area contributed by atoms with Crippen LogP contribution in [0.15, 0.2) is 47.1 Å². The minimum Gasteiger partial charge on any atom is -0.496 e. The lowest BCUT2D eigenvalue weighted by atomic mass is 10.1. The Hall–Kier alpha value is -1.68. The lowest BCUT2D eigenvalue weighted by Gasteiger charge is -2.05. The number of aromatic nitrogens is 1. The molecule has 1 aromatic carbocycles. The van der Waals surface area contributed by atoms with E-state index in [4.69, 9.17) is 4.74 Å². The summed E-state index contributed by atoms with van der Waals surface area (Å²) in [7, 11) is 1.56. The van der Waals surface area contributed by atoms with Crippen molar-refractivity contribution >= 4 is 21.7 Å². The number of pyridine rings is 1. The molecule has 0 spiro atoms. The van der Waals surface area contributed by atoms with Gasteiger partial charge in [-0.15, -0.1) is 0 Å². The summed E-state index contributed by atoms with van der Waals surface area (Å²) < 4.78 is 5.97. The van der Waals surface area contributed by atoms with Crippen molar-refractivity contribution in [2.75, 3.05) is 7.11 Å². The maximum Gasteiger partial charge on any atom is 0.211 e. The average molecular weight is 292 g/mol. The maximum atomic E-state index is 12.1. The molecule has 0 saturated carbocycles. The van der Waals surface area contributed by atoms with Gasteiger partial charge in [-0.05, 0) is 46.3 Å². The van der Waals surface area contributed by atoms with Crippen LogP contribution in [0, 0.1) is 0 Å². The molecule has 0 fully saturated rings. The highest BCUT2D eigenvalue weighted by Gasteiger charge is 2.12. The van der Waals surface area contributed by atoms with Gasteiger partial charge in [0.2, 0.25) is 5.78 Å². The summed E-state index contributed by atoms with van der Waals surface area (Å²) in [5.41, 5.74) is 0.987. The van der Waals surface area contributed by atoms with Gasteiger partial charge in [0.1, 0.15) is 11.4 Å². The van der Waals surface area contributed by atoms with E-state index in [2.05, 4.69) is 20.9 Å². The summed E-state index contributed by atoms with van der Waals surface area (Å²) in [6, 6.07) is 10.5. The Labute approximate surface area is 108 Å². The highest BCUT2D eigenvalue weighted by Crippen LogP contribution is 2.26. The van der Waals surface area contributed by atoms with Crippen LogP contribution in [0.4, 0.5) is 0 Å². The molecule has 86 valence electrons. The molecule has 0 aliphatic heterocycles. The SMILES string of the molecule is COc1cc(C(=O)c2ccccn2)ccc1Br. The van der Waals surface area contributed by atoms with Crippen LogP contribution in [0.2, 0.25) is 0 Å². The van der Waals surface area contributed by atoms with E-state index in [1.165, 1.54) is 0 Å². The lowest BCUT2D eigenvalue weighted by Crippen LogP contribution is -2.03. The fourth-order valence-electron chi connectivity index (χ4n) is 1.45. The second-order valence-electron chi connectivity index (χ2n) is 3.39. The van der Waals surface area contributed by atoms with Crippen LogP contribution < -0.4 is 4.74 Å². The van der Waals surface area contributed by atoms with Gasteiger partial charge < -0.3 is 4.74 Å². The molecule has 0 amide bonds. The molecule has 17 heavy (non-hydrogen) atoms. The molecule has 0 aliphatic carbocycles. The molecule has 0 aliphatic rings. The van der Waals surface area contributed by atoms with Gasteiger partial charge in [-0.25, -0.2) is 0 Å². The summed E-state index contributed by atoms with van der Waals surface area (Å²) in [6.45, 7) is 0. The number of ketones is 1. The third kappa shape index (κ3) is 2.53. The van der Waals surface area contributed by atoms with E-state index in [1.54, 1.807) is 49.7 Å². The second-order valence-corrected chi connectivity index (χ2v) is 4.25. The standard InChI is InChI=1S/C13H10BrNO2/c1-17-12-8-9(5-6-10(12)14)13(16)11-4-2-3-7-15-11/h2-8H,1H3. The fourth-order valence-corrected chi connectivity index (χ4v) is 1.85. The predicted octanol–water partition coefficient (Wildman–Crippen LogP) is 3.08. The Kier molecular flexibility index (Phi) is 3.54. The zero-order valence-corrected chi connectivity index (χ0v) is 10.8. The highest BCUT2D eigenvalue weighted by molar-refractivity contribution is 9.10. The average Bonchev–Trinajstić information content (AvgIpc) is 2.39. The Morgan fingerprint density at radius 1 is 1.29 bits per heavy atom. The van der Waals surface area contributed by atoms with E-state index in [1.807, 2.05) is 0 Å². The summed E-state index contributed by atoms with van der Waals surface area (Å²) in [5, 5.41) is 0. The minimum atomic E-state index is -0.114. The third-order valence-corrected chi connectivity index (χ3v) is 2.97. The van der Waals surface area contributed by atoms with Crippen LogP contribution in [-0.2, 0) is 0 Å². The van der Waals surface area contributed by atoms with E-state index in [9.17, 15) is 4.79 Å². The number of hydrogen-bond acceptors (Lipinski definition) is 3. The number of carbonyl (C=O) groups excluding carboxylic acids is 1. The molecule has 1 heterocycles. The van der Waals surface area contributed by atoms with Crippen molar-refractivity contribution in [2.24, 2.45) is 0 Å².